The molecular formula is C18H21NO3. The minimum Gasteiger partial charge on any atom is -0.489 e. The zero-order chi connectivity index (χ0) is 16.1. The first-order valence-corrected chi connectivity index (χ1v) is 7.20. The number of ether oxygens (including phenoxy) is 1. The Balaban J connectivity index is 2.18. The molecule has 0 aliphatic heterocycles. The fourth-order valence-electron chi connectivity index (χ4n) is 2.39. The van der Waals surface area contributed by atoms with Crippen LogP contribution < -0.4 is 10.1 Å². The van der Waals surface area contributed by atoms with Crippen LogP contribution in [-0.2, 0) is 11.4 Å². The lowest BCUT2D eigenvalue weighted by atomic mass is 10.0. The van der Waals surface area contributed by atoms with E-state index in [0.717, 1.165) is 22.4 Å². The van der Waals surface area contributed by atoms with Crippen LogP contribution in [0.2, 0.25) is 0 Å². The molecule has 0 aliphatic carbocycles. The van der Waals surface area contributed by atoms with E-state index in [1.165, 1.54) is 7.05 Å². The van der Waals surface area contributed by atoms with Crippen molar-refractivity contribution in [1.29, 1.82) is 0 Å². The van der Waals surface area contributed by atoms with E-state index in [1.54, 1.807) is 12.1 Å². The molecule has 4 nitrogen and oxygen atoms in total. The molecule has 0 heterocycles. The molecule has 0 radical (unpaired) electrons. The van der Waals surface area contributed by atoms with Crippen molar-refractivity contribution < 1.29 is 14.6 Å². The van der Waals surface area contributed by atoms with Gasteiger partial charge in [0.15, 0.2) is 6.10 Å². The van der Waals surface area contributed by atoms with Crippen molar-refractivity contribution in [2.24, 2.45) is 0 Å². The second-order valence-corrected chi connectivity index (χ2v) is 5.33. The van der Waals surface area contributed by atoms with E-state index in [1.807, 2.05) is 38.1 Å². The minimum absolute atomic E-state index is 0.299. The first-order valence-electron chi connectivity index (χ1n) is 7.20. The van der Waals surface area contributed by atoms with E-state index in [9.17, 15) is 9.90 Å². The molecule has 4 heteroatoms. The van der Waals surface area contributed by atoms with Crippen molar-refractivity contribution in [2.45, 2.75) is 26.6 Å². The summed E-state index contributed by atoms with van der Waals surface area (Å²) in [5, 5.41) is 12.5. The normalized spacial score (nSPS) is 11.8. The first-order chi connectivity index (χ1) is 10.5. The largest absolute Gasteiger partial charge is 0.489 e. The van der Waals surface area contributed by atoms with Crippen molar-refractivity contribution >= 4 is 5.91 Å². The highest BCUT2D eigenvalue weighted by molar-refractivity contribution is 5.82. The molecule has 0 aromatic heterocycles. The number of aliphatic hydroxyl groups is 1. The SMILES string of the molecule is CNC(=O)C(O)c1ccccc1COc1cc(C)cc(C)c1. The van der Waals surface area contributed by atoms with Crippen LogP contribution in [0.3, 0.4) is 0 Å². The molecule has 0 aliphatic rings. The standard InChI is InChI=1S/C18H21NO3/c1-12-8-13(2)10-15(9-12)22-11-14-6-4-5-7-16(14)17(20)18(21)19-3/h4-10,17,20H,11H2,1-3H3,(H,19,21). The molecule has 116 valence electrons. The van der Waals surface area contributed by atoms with Gasteiger partial charge in [0.25, 0.3) is 5.91 Å². The second-order valence-electron chi connectivity index (χ2n) is 5.33. The highest BCUT2D eigenvalue weighted by Crippen LogP contribution is 2.22. The molecule has 2 N–H and O–H groups in total. The lowest BCUT2D eigenvalue weighted by Gasteiger charge is -2.15. The monoisotopic (exact) mass is 299 g/mol. The Morgan fingerprint density at radius 1 is 1.18 bits per heavy atom. The maximum Gasteiger partial charge on any atom is 0.253 e. The molecular weight excluding hydrogens is 278 g/mol. The number of aliphatic hydroxyl groups excluding tert-OH is 1. The maximum atomic E-state index is 11.6. The van der Waals surface area contributed by atoms with E-state index in [4.69, 9.17) is 4.74 Å². The Hall–Kier alpha value is -2.33. The third-order valence-corrected chi connectivity index (χ3v) is 3.43. The molecule has 1 unspecified atom stereocenters. The third kappa shape index (κ3) is 3.86. The van der Waals surface area contributed by atoms with Gasteiger partial charge in [0, 0.05) is 7.05 Å². The van der Waals surface area contributed by atoms with Crippen LogP contribution in [-0.4, -0.2) is 18.1 Å². The van der Waals surface area contributed by atoms with Gasteiger partial charge >= 0.3 is 0 Å². The summed E-state index contributed by atoms with van der Waals surface area (Å²) in [6, 6.07) is 13.2. The van der Waals surface area contributed by atoms with Crippen LogP contribution in [0.15, 0.2) is 42.5 Å². The van der Waals surface area contributed by atoms with E-state index in [2.05, 4.69) is 11.4 Å². The van der Waals surface area contributed by atoms with Crippen LogP contribution in [0.4, 0.5) is 0 Å². The summed E-state index contributed by atoms with van der Waals surface area (Å²) in [7, 11) is 1.50. The number of carbonyl (C=O) groups is 1. The van der Waals surface area contributed by atoms with E-state index in [-0.39, 0.29) is 0 Å². The summed E-state index contributed by atoms with van der Waals surface area (Å²) in [6.45, 7) is 4.33. The lowest BCUT2D eigenvalue weighted by Crippen LogP contribution is -2.26. The average Bonchev–Trinajstić information content (AvgIpc) is 2.51. The average molecular weight is 299 g/mol. The van der Waals surface area contributed by atoms with Crippen molar-refractivity contribution in [1.82, 2.24) is 5.32 Å². The van der Waals surface area contributed by atoms with Gasteiger partial charge in [0.05, 0.1) is 0 Å². The molecule has 1 amide bonds. The van der Waals surface area contributed by atoms with Crippen LogP contribution in [0, 0.1) is 13.8 Å². The van der Waals surface area contributed by atoms with Crippen LogP contribution in [0.5, 0.6) is 5.75 Å². The van der Waals surface area contributed by atoms with Crippen LogP contribution >= 0.6 is 0 Å². The van der Waals surface area contributed by atoms with E-state index >= 15 is 0 Å². The van der Waals surface area contributed by atoms with Crippen LogP contribution in [0.25, 0.3) is 0 Å². The predicted molar refractivity (Wildman–Crippen MR) is 85.7 cm³/mol. The molecule has 2 rings (SSSR count). The number of benzene rings is 2. The molecule has 0 saturated heterocycles. The second kappa shape index (κ2) is 7.09. The minimum atomic E-state index is -1.19. The quantitative estimate of drug-likeness (QED) is 0.892. The number of nitrogens with one attached hydrogen (secondary N) is 1. The summed E-state index contributed by atoms with van der Waals surface area (Å²) in [5.41, 5.74) is 3.62. The van der Waals surface area contributed by atoms with Crippen molar-refractivity contribution in [3.63, 3.8) is 0 Å². The van der Waals surface area contributed by atoms with Gasteiger partial charge in [0.1, 0.15) is 12.4 Å². The van der Waals surface area contributed by atoms with Crippen molar-refractivity contribution in [3.8, 4) is 5.75 Å². The predicted octanol–water partition coefficient (Wildman–Crippen LogP) is 2.66. The summed E-state index contributed by atoms with van der Waals surface area (Å²) >= 11 is 0. The summed E-state index contributed by atoms with van der Waals surface area (Å²) < 4.78 is 5.82. The Kier molecular flexibility index (Phi) is 5.17. The zero-order valence-corrected chi connectivity index (χ0v) is 13.1. The molecule has 0 saturated carbocycles. The van der Waals surface area contributed by atoms with E-state index in [0.29, 0.717) is 12.2 Å². The highest BCUT2D eigenvalue weighted by Gasteiger charge is 2.19. The molecule has 0 fully saturated rings. The summed E-state index contributed by atoms with van der Waals surface area (Å²) in [6.07, 6.45) is -1.19. The van der Waals surface area contributed by atoms with Gasteiger partial charge in [-0.3, -0.25) is 4.79 Å². The Morgan fingerprint density at radius 2 is 1.82 bits per heavy atom. The molecule has 0 spiro atoms. The number of aryl methyl sites for hydroxylation is 2. The van der Waals surface area contributed by atoms with Gasteiger partial charge in [-0.25, -0.2) is 0 Å². The lowest BCUT2D eigenvalue weighted by molar-refractivity contribution is -0.129. The topological polar surface area (TPSA) is 58.6 Å². The maximum absolute atomic E-state index is 11.6. The van der Waals surface area contributed by atoms with Gasteiger partial charge in [-0.1, -0.05) is 30.3 Å². The van der Waals surface area contributed by atoms with Gasteiger partial charge in [-0.05, 0) is 48.2 Å². The highest BCUT2D eigenvalue weighted by atomic mass is 16.5. The van der Waals surface area contributed by atoms with Gasteiger partial charge in [-0.15, -0.1) is 0 Å². The summed E-state index contributed by atoms with van der Waals surface area (Å²) in [5.74, 6) is 0.348. The number of amides is 1. The molecule has 2 aromatic carbocycles. The molecule has 22 heavy (non-hydrogen) atoms. The fraction of sp³-hybridized carbons (Fsp3) is 0.278. The molecule has 1 atom stereocenters. The smallest absolute Gasteiger partial charge is 0.253 e. The van der Waals surface area contributed by atoms with Gasteiger partial charge < -0.3 is 15.2 Å². The van der Waals surface area contributed by atoms with Crippen molar-refractivity contribution in [2.75, 3.05) is 7.05 Å². The van der Waals surface area contributed by atoms with E-state index < -0.39 is 12.0 Å². The third-order valence-electron chi connectivity index (χ3n) is 3.43. The Labute approximate surface area is 130 Å². The number of rotatable bonds is 5. The van der Waals surface area contributed by atoms with Gasteiger partial charge in [0.2, 0.25) is 0 Å². The Morgan fingerprint density at radius 3 is 2.45 bits per heavy atom. The number of hydrogen-bond acceptors (Lipinski definition) is 3. The van der Waals surface area contributed by atoms with Crippen LogP contribution in [0.1, 0.15) is 28.4 Å². The number of hydrogen-bond donors (Lipinski definition) is 2. The molecule has 2 aromatic rings. The summed E-state index contributed by atoms with van der Waals surface area (Å²) in [4.78, 5) is 11.6. The first kappa shape index (κ1) is 16.0. The zero-order valence-electron chi connectivity index (χ0n) is 13.1. The number of likely N-dealkylation sites (N-methyl/N-ethyl adjacent to an activating group) is 1. The van der Waals surface area contributed by atoms with Crippen molar-refractivity contribution in [3.05, 3.63) is 64.7 Å². The molecule has 0 bridgehead atoms. The number of carbonyl (C=O) groups excluding carboxylic acids is 1. The van der Waals surface area contributed by atoms with Gasteiger partial charge in [-0.2, -0.15) is 0 Å². The fourth-order valence-corrected chi connectivity index (χ4v) is 2.39. The Bertz CT molecular complexity index is 647.